The van der Waals surface area contributed by atoms with E-state index in [-0.39, 0.29) is 5.92 Å². The SMILES string of the molecule is Cc1cccc(CN2C[C@@H]3CN(Cc4nccn4C)C[C@H]3C2=O)c1. The first-order valence-corrected chi connectivity index (χ1v) is 8.63. The van der Waals surface area contributed by atoms with Crippen LogP contribution in [0.3, 0.4) is 0 Å². The van der Waals surface area contributed by atoms with Crippen LogP contribution in [0.2, 0.25) is 0 Å². The number of imidazole rings is 1. The fourth-order valence-corrected chi connectivity index (χ4v) is 4.08. The van der Waals surface area contributed by atoms with Crippen molar-refractivity contribution in [3.63, 3.8) is 0 Å². The van der Waals surface area contributed by atoms with Crippen molar-refractivity contribution in [2.75, 3.05) is 19.6 Å². The first-order valence-electron chi connectivity index (χ1n) is 8.63. The largest absolute Gasteiger partial charge is 0.338 e. The second-order valence-electron chi connectivity index (χ2n) is 7.22. The molecule has 5 nitrogen and oxygen atoms in total. The van der Waals surface area contributed by atoms with Gasteiger partial charge in [0.05, 0.1) is 12.5 Å². The van der Waals surface area contributed by atoms with Gasteiger partial charge in [-0.05, 0) is 12.5 Å². The summed E-state index contributed by atoms with van der Waals surface area (Å²) < 4.78 is 2.06. The molecular weight excluding hydrogens is 300 g/mol. The van der Waals surface area contributed by atoms with Crippen molar-refractivity contribution in [3.8, 4) is 0 Å². The van der Waals surface area contributed by atoms with Gasteiger partial charge in [0.25, 0.3) is 0 Å². The molecular formula is C19H24N4O. The Morgan fingerprint density at radius 1 is 1.21 bits per heavy atom. The summed E-state index contributed by atoms with van der Waals surface area (Å²) >= 11 is 0. The average molecular weight is 324 g/mol. The van der Waals surface area contributed by atoms with Gasteiger partial charge in [-0.3, -0.25) is 9.69 Å². The Labute approximate surface area is 142 Å². The van der Waals surface area contributed by atoms with Gasteiger partial charge in [0.1, 0.15) is 5.82 Å². The standard InChI is InChI=1S/C19H24N4O/c1-14-4-3-5-15(8-14)9-23-11-16-10-22(12-17(16)19(23)24)13-18-20-6-7-21(18)2/h3-8,16-17H,9-13H2,1-2H3/t16-,17+/m0/s1. The van der Waals surface area contributed by atoms with Crippen molar-refractivity contribution in [2.45, 2.75) is 20.0 Å². The van der Waals surface area contributed by atoms with E-state index in [0.717, 1.165) is 38.5 Å². The molecule has 2 atom stereocenters. The summed E-state index contributed by atoms with van der Waals surface area (Å²) in [6, 6.07) is 8.46. The lowest BCUT2D eigenvalue weighted by Crippen LogP contribution is -2.32. The van der Waals surface area contributed by atoms with E-state index in [4.69, 9.17) is 0 Å². The molecule has 5 heteroatoms. The van der Waals surface area contributed by atoms with Crippen LogP contribution in [0, 0.1) is 18.8 Å². The Kier molecular flexibility index (Phi) is 3.88. The predicted octanol–water partition coefficient (Wildman–Crippen LogP) is 1.82. The van der Waals surface area contributed by atoms with Crippen molar-refractivity contribution in [3.05, 3.63) is 53.6 Å². The molecule has 4 rings (SSSR count). The molecule has 2 aliphatic heterocycles. The Morgan fingerprint density at radius 2 is 2.08 bits per heavy atom. The van der Waals surface area contributed by atoms with E-state index in [1.165, 1.54) is 11.1 Å². The van der Waals surface area contributed by atoms with Gasteiger partial charge >= 0.3 is 0 Å². The maximum absolute atomic E-state index is 12.8. The van der Waals surface area contributed by atoms with Crippen LogP contribution in [0.1, 0.15) is 17.0 Å². The van der Waals surface area contributed by atoms with E-state index in [9.17, 15) is 4.79 Å². The molecule has 2 aromatic rings. The van der Waals surface area contributed by atoms with E-state index in [2.05, 4.69) is 45.6 Å². The highest BCUT2D eigenvalue weighted by Gasteiger charge is 2.46. The van der Waals surface area contributed by atoms with Gasteiger partial charge in [0.15, 0.2) is 0 Å². The molecule has 1 amide bonds. The van der Waals surface area contributed by atoms with E-state index in [1.807, 2.05) is 24.3 Å². The zero-order valence-electron chi connectivity index (χ0n) is 14.4. The molecule has 0 saturated carbocycles. The molecule has 1 aromatic carbocycles. The maximum atomic E-state index is 12.8. The zero-order chi connectivity index (χ0) is 16.7. The van der Waals surface area contributed by atoms with E-state index in [0.29, 0.717) is 11.8 Å². The van der Waals surface area contributed by atoms with Gasteiger partial charge in [-0.1, -0.05) is 29.8 Å². The average Bonchev–Trinajstić information content (AvgIpc) is 3.19. The normalized spacial score (nSPS) is 23.9. The molecule has 2 fully saturated rings. The lowest BCUT2D eigenvalue weighted by atomic mass is 10.0. The number of rotatable bonds is 4. The lowest BCUT2D eigenvalue weighted by Gasteiger charge is -2.21. The number of carbonyl (C=O) groups is 1. The van der Waals surface area contributed by atoms with Crippen molar-refractivity contribution >= 4 is 5.91 Å². The lowest BCUT2D eigenvalue weighted by molar-refractivity contribution is -0.131. The Hall–Kier alpha value is -2.14. The van der Waals surface area contributed by atoms with Gasteiger partial charge in [-0.15, -0.1) is 0 Å². The van der Waals surface area contributed by atoms with Crippen LogP contribution < -0.4 is 0 Å². The van der Waals surface area contributed by atoms with Crippen molar-refractivity contribution in [1.29, 1.82) is 0 Å². The number of hydrogen-bond donors (Lipinski definition) is 0. The second-order valence-corrected chi connectivity index (χ2v) is 7.22. The number of aryl methyl sites for hydroxylation is 2. The number of carbonyl (C=O) groups excluding carboxylic acids is 1. The van der Waals surface area contributed by atoms with Crippen LogP contribution >= 0.6 is 0 Å². The molecule has 0 unspecified atom stereocenters. The molecule has 0 aliphatic carbocycles. The van der Waals surface area contributed by atoms with Crippen LogP contribution in [0.15, 0.2) is 36.7 Å². The summed E-state index contributed by atoms with van der Waals surface area (Å²) in [6.07, 6.45) is 3.81. The van der Waals surface area contributed by atoms with E-state index < -0.39 is 0 Å². The van der Waals surface area contributed by atoms with Crippen LogP contribution in [0.4, 0.5) is 0 Å². The van der Waals surface area contributed by atoms with E-state index >= 15 is 0 Å². The van der Waals surface area contributed by atoms with Gasteiger partial charge < -0.3 is 9.47 Å². The molecule has 126 valence electrons. The molecule has 0 bridgehead atoms. The Morgan fingerprint density at radius 3 is 2.79 bits per heavy atom. The number of benzene rings is 1. The number of hydrogen-bond acceptors (Lipinski definition) is 3. The first kappa shape index (κ1) is 15.4. The molecule has 0 radical (unpaired) electrons. The third kappa shape index (κ3) is 2.84. The minimum absolute atomic E-state index is 0.162. The number of amides is 1. The molecule has 1 aromatic heterocycles. The third-order valence-corrected chi connectivity index (χ3v) is 5.34. The van der Waals surface area contributed by atoms with Crippen molar-refractivity contribution in [2.24, 2.45) is 18.9 Å². The quantitative estimate of drug-likeness (QED) is 0.861. The minimum Gasteiger partial charge on any atom is -0.338 e. The third-order valence-electron chi connectivity index (χ3n) is 5.34. The van der Waals surface area contributed by atoms with Crippen LogP contribution in [0.5, 0.6) is 0 Å². The van der Waals surface area contributed by atoms with Gasteiger partial charge in [0, 0.05) is 51.5 Å². The molecule has 0 N–H and O–H groups in total. The summed E-state index contributed by atoms with van der Waals surface area (Å²) in [6.45, 7) is 6.41. The smallest absolute Gasteiger partial charge is 0.227 e. The van der Waals surface area contributed by atoms with Crippen LogP contribution in [-0.4, -0.2) is 44.9 Å². The number of fused-ring (bicyclic) bond motifs is 1. The number of nitrogens with zero attached hydrogens (tertiary/aromatic N) is 4. The molecule has 2 saturated heterocycles. The first-order chi connectivity index (χ1) is 11.6. The fourth-order valence-electron chi connectivity index (χ4n) is 4.08. The highest BCUT2D eigenvalue weighted by Crippen LogP contribution is 2.33. The van der Waals surface area contributed by atoms with Gasteiger partial charge in [-0.25, -0.2) is 4.98 Å². The van der Waals surface area contributed by atoms with E-state index in [1.54, 1.807) is 0 Å². The summed E-state index contributed by atoms with van der Waals surface area (Å²) in [5, 5.41) is 0. The van der Waals surface area contributed by atoms with Crippen LogP contribution in [0.25, 0.3) is 0 Å². The van der Waals surface area contributed by atoms with Gasteiger partial charge in [0.2, 0.25) is 5.91 Å². The summed E-state index contributed by atoms with van der Waals surface area (Å²) in [5.74, 6) is 2.01. The summed E-state index contributed by atoms with van der Waals surface area (Å²) in [7, 11) is 2.02. The molecule has 0 spiro atoms. The topological polar surface area (TPSA) is 41.4 Å². The van der Waals surface area contributed by atoms with Crippen molar-refractivity contribution < 1.29 is 4.79 Å². The summed E-state index contributed by atoms with van der Waals surface area (Å²) in [5.41, 5.74) is 2.48. The molecule has 24 heavy (non-hydrogen) atoms. The van der Waals surface area contributed by atoms with Crippen molar-refractivity contribution in [1.82, 2.24) is 19.4 Å². The highest BCUT2D eigenvalue weighted by atomic mass is 16.2. The molecule has 2 aliphatic rings. The zero-order valence-corrected chi connectivity index (χ0v) is 14.4. The Balaban J connectivity index is 1.39. The number of likely N-dealkylation sites (tertiary alicyclic amines) is 2. The molecule has 3 heterocycles. The number of aromatic nitrogens is 2. The summed E-state index contributed by atoms with van der Waals surface area (Å²) in [4.78, 5) is 21.6. The second kappa shape index (κ2) is 6.06. The predicted molar refractivity (Wildman–Crippen MR) is 92.1 cm³/mol. The monoisotopic (exact) mass is 324 g/mol. The highest BCUT2D eigenvalue weighted by molar-refractivity contribution is 5.82. The Bertz CT molecular complexity index is 753. The van der Waals surface area contributed by atoms with Gasteiger partial charge in [-0.2, -0.15) is 0 Å². The fraction of sp³-hybridized carbons (Fsp3) is 0.474. The minimum atomic E-state index is 0.162. The van der Waals surface area contributed by atoms with Crippen LogP contribution in [-0.2, 0) is 24.9 Å². The maximum Gasteiger partial charge on any atom is 0.227 e.